The average molecular weight is 377 g/mol. The summed E-state index contributed by atoms with van der Waals surface area (Å²) in [6.07, 6.45) is 0.357. The van der Waals surface area contributed by atoms with E-state index in [4.69, 9.17) is 14.0 Å². The van der Waals surface area contributed by atoms with Gasteiger partial charge in [0.2, 0.25) is 24.4 Å². The first-order chi connectivity index (χ1) is 13.6. The number of hydrogen-bond donors (Lipinski definition) is 0. The summed E-state index contributed by atoms with van der Waals surface area (Å²) in [5, 5.41) is 4.09. The number of benzene rings is 2. The highest BCUT2D eigenvalue weighted by molar-refractivity contribution is 5.96. The fraction of sp³-hybridized carbons (Fsp3) is 0.286. The lowest BCUT2D eigenvalue weighted by Gasteiger charge is -2.17. The summed E-state index contributed by atoms with van der Waals surface area (Å²) in [5.74, 6) is 2.27. The second-order valence-electron chi connectivity index (χ2n) is 7.20. The Morgan fingerprint density at radius 2 is 1.89 bits per heavy atom. The van der Waals surface area contributed by atoms with Crippen molar-refractivity contribution in [3.63, 3.8) is 0 Å². The summed E-state index contributed by atoms with van der Waals surface area (Å²) < 4.78 is 16.2. The molecule has 142 valence electrons. The van der Waals surface area contributed by atoms with Crippen LogP contribution < -0.4 is 14.4 Å². The predicted molar refractivity (Wildman–Crippen MR) is 101 cm³/mol. The third-order valence-electron chi connectivity index (χ3n) is 5.35. The third kappa shape index (κ3) is 2.79. The van der Waals surface area contributed by atoms with Gasteiger partial charge in [0.05, 0.1) is 5.92 Å². The Bertz CT molecular complexity index is 1080. The third-order valence-corrected chi connectivity index (χ3v) is 5.35. The van der Waals surface area contributed by atoms with Crippen LogP contribution in [0.4, 0.5) is 5.69 Å². The first-order valence-corrected chi connectivity index (χ1v) is 9.20. The number of amides is 1. The van der Waals surface area contributed by atoms with Gasteiger partial charge in [-0.25, -0.2) is 0 Å². The van der Waals surface area contributed by atoms with Crippen molar-refractivity contribution in [3.05, 3.63) is 53.4 Å². The maximum atomic E-state index is 12.6. The molecule has 0 N–H and O–H groups in total. The van der Waals surface area contributed by atoms with Gasteiger partial charge in [0.1, 0.15) is 0 Å². The zero-order valence-corrected chi connectivity index (χ0v) is 15.6. The van der Waals surface area contributed by atoms with E-state index in [1.807, 2.05) is 43.3 Å². The molecule has 7 nitrogen and oxygen atoms in total. The second-order valence-corrected chi connectivity index (χ2v) is 7.20. The van der Waals surface area contributed by atoms with Crippen LogP contribution in [0.15, 0.2) is 40.9 Å². The highest BCUT2D eigenvalue weighted by atomic mass is 16.7. The van der Waals surface area contributed by atoms with E-state index in [1.165, 1.54) is 5.56 Å². The second kappa shape index (κ2) is 6.37. The minimum Gasteiger partial charge on any atom is -0.454 e. The van der Waals surface area contributed by atoms with Gasteiger partial charge < -0.3 is 18.9 Å². The molecule has 5 rings (SSSR count). The molecule has 1 amide bonds. The average Bonchev–Trinajstić information content (AvgIpc) is 3.42. The Kier molecular flexibility index (Phi) is 3.82. The summed E-state index contributed by atoms with van der Waals surface area (Å²) in [7, 11) is 0. The predicted octanol–water partition coefficient (Wildman–Crippen LogP) is 3.60. The van der Waals surface area contributed by atoms with Crippen LogP contribution >= 0.6 is 0 Å². The lowest BCUT2D eigenvalue weighted by Crippen LogP contribution is -2.24. The topological polar surface area (TPSA) is 77.7 Å². The molecule has 0 spiro atoms. The van der Waals surface area contributed by atoms with E-state index in [0.29, 0.717) is 36.2 Å². The van der Waals surface area contributed by atoms with Crippen molar-refractivity contribution in [3.8, 4) is 22.9 Å². The number of ether oxygens (including phenoxy) is 2. The van der Waals surface area contributed by atoms with E-state index in [-0.39, 0.29) is 18.6 Å². The number of rotatable bonds is 3. The number of aromatic nitrogens is 2. The fourth-order valence-corrected chi connectivity index (χ4v) is 3.57. The molecule has 3 aromatic rings. The molecule has 1 fully saturated rings. The van der Waals surface area contributed by atoms with Gasteiger partial charge in [-0.2, -0.15) is 4.98 Å². The van der Waals surface area contributed by atoms with Crippen molar-refractivity contribution in [1.29, 1.82) is 0 Å². The largest absolute Gasteiger partial charge is 0.454 e. The van der Waals surface area contributed by atoms with Gasteiger partial charge in [-0.3, -0.25) is 4.79 Å². The molecular formula is C21H19N3O4. The monoisotopic (exact) mass is 377 g/mol. The van der Waals surface area contributed by atoms with Gasteiger partial charge in [-0.1, -0.05) is 11.2 Å². The van der Waals surface area contributed by atoms with Gasteiger partial charge >= 0.3 is 0 Å². The molecule has 1 unspecified atom stereocenters. The van der Waals surface area contributed by atoms with Crippen LogP contribution in [0.1, 0.15) is 29.4 Å². The SMILES string of the molecule is Cc1ccc(N2CC(c3nc(-c4ccc5c(c4)OCO5)no3)CC2=O)cc1C. The van der Waals surface area contributed by atoms with Crippen LogP contribution in [0.3, 0.4) is 0 Å². The Hall–Kier alpha value is -3.35. The molecule has 1 atom stereocenters. The van der Waals surface area contributed by atoms with Crippen LogP contribution in [0.25, 0.3) is 11.4 Å². The summed E-state index contributed by atoms with van der Waals surface area (Å²) in [5.41, 5.74) is 4.06. The van der Waals surface area contributed by atoms with E-state index in [9.17, 15) is 4.79 Å². The highest BCUT2D eigenvalue weighted by Crippen LogP contribution is 2.36. The van der Waals surface area contributed by atoms with Gasteiger partial charge in [0.15, 0.2) is 11.5 Å². The van der Waals surface area contributed by atoms with Crippen molar-refractivity contribution < 1.29 is 18.8 Å². The number of fused-ring (bicyclic) bond motifs is 1. The minimum atomic E-state index is -0.121. The molecule has 0 radical (unpaired) electrons. The first-order valence-electron chi connectivity index (χ1n) is 9.20. The maximum absolute atomic E-state index is 12.6. The van der Waals surface area contributed by atoms with Crippen LogP contribution in [0.2, 0.25) is 0 Å². The lowest BCUT2D eigenvalue weighted by atomic mass is 10.1. The molecule has 0 aliphatic carbocycles. The first kappa shape index (κ1) is 16.8. The fourth-order valence-electron chi connectivity index (χ4n) is 3.57. The molecule has 1 saturated heterocycles. The molecule has 7 heteroatoms. The van der Waals surface area contributed by atoms with E-state index < -0.39 is 0 Å². The van der Waals surface area contributed by atoms with Crippen molar-refractivity contribution >= 4 is 11.6 Å². The van der Waals surface area contributed by atoms with Crippen molar-refractivity contribution in [2.75, 3.05) is 18.2 Å². The Balaban J connectivity index is 1.37. The number of carbonyl (C=O) groups excluding carboxylic acids is 1. The number of hydrogen-bond acceptors (Lipinski definition) is 6. The number of nitrogens with zero attached hydrogens (tertiary/aromatic N) is 3. The molecule has 2 aliphatic rings. The molecule has 2 aliphatic heterocycles. The van der Waals surface area contributed by atoms with Gasteiger partial charge in [0, 0.05) is 24.2 Å². The summed E-state index contributed by atoms with van der Waals surface area (Å²) in [4.78, 5) is 18.9. The number of aryl methyl sites for hydroxylation is 2. The molecule has 3 heterocycles. The zero-order chi connectivity index (χ0) is 19.3. The highest BCUT2D eigenvalue weighted by Gasteiger charge is 2.35. The van der Waals surface area contributed by atoms with Crippen molar-refractivity contribution in [2.24, 2.45) is 0 Å². The molecule has 2 aromatic carbocycles. The summed E-state index contributed by atoms with van der Waals surface area (Å²) in [6.45, 7) is 4.86. The van der Waals surface area contributed by atoms with Crippen LogP contribution in [-0.2, 0) is 4.79 Å². The number of carbonyl (C=O) groups is 1. The lowest BCUT2D eigenvalue weighted by molar-refractivity contribution is -0.117. The molecular weight excluding hydrogens is 358 g/mol. The normalized spacial score (nSPS) is 18.1. The Labute approximate surface area is 161 Å². The van der Waals surface area contributed by atoms with E-state index >= 15 is 0 Å². The van der Waals surface area contributed by atoms with Gasteiger partial charge in [-0.15, -0.1) is 0 Å². The summed E-state index contributed by atoms with van der Waals surface area (Å²) in [6, 6.07) is 11.6. The van der Waals surface area contributed by atoms with Crippen molar-refractivity contribution in [1.82, 2.24) is 10.1 Å². The van der Waals surface area contributed by atoms with Gasteiger partial charge in [-0.05, 0) is 55.3 Å². The van der Waals surface area contributed by atoms with E-state index in [1.54, 1.807) is 4.90 Å². The van der Waals surface area contributed by atoms with E-state index in [2.05, 4.69) is 17.1 Å². The van der Waals surface area contributed by atoms with E-state index in [0.717, 1.165) is 16.8 Å². The molecule has 28 heavy (non-hydrogen) atoms. The van der Waals surface area contributed by atoms with Crippen LogP contribution in [0.5, 0.6) is 11.5 Å². The zero-order valence-electron chi connectivity index (χ0n) is 15.6. The van der Waals surface area contributed by atoms with Crippen molar-refractivity contribution in [2.45, 2.75) is 26.2 Å². The molecule has 0 bridgehead atoms. The smallest absolute Gasteiger partial charge is 0.232 e. The van der Waals surface area contributed by atoms with Gasteiger partial charge in [0.25, 0.3) is 0 Å². The minimum absolute atomic E-state index is 0.0658. The summed E-state index contributed by atoms with van der Waals surface area (Å²) >= 11 is 0. The Morgan fingerprint density at radius 3 is 2.75 bits per heavy atom. The van der Waals surface area contributed by atoms with Crippen LogP contribution in [-0.4, -0.2) is 29.4 Å². The maximum Gasteiger partial charge on any atom is 0.232 e. The molecule has 1 aromatic heterocycles. The quantitative estimate of drug-likeness (QED) is 0.694. The van der Waals surface area contributed by atoms with Crippen LogP contribution in [0, 0.1) is 13.8 Å². The number of anilines is 1. The Morgan fingerprint density at radius 1 is 1.04 bits per heavy atom. The standard InChI is InChI=1S/C21H19N3O4/c1-12-3-5-16(7-13(12)2)24-10-15(9-19(24)25)21-22-20(23-28-21)14-4-6-17-18(8-14)27-11-26-17/h3-8,15H,9-11H2,1-2H3. The molecule has 0 saturated carbocycles.